The molecule has 2 amide bonds. The van der Waals surface area contributed by atoms with Crippen LogP contribution in [0.3, 0.4) is 0 Å². The number of nitrogens with zero attached hydrogens (tertiary/aromatic N) is 3. The van der Waals surface area contributed by atoms with Gasteiger partial charge in [0.1, 0.15) is 11.4 Å². The van der Waals surface area contributed by atoms with E-state index in [4.69, 9.17) is 0 Å². The molecule has 4 rings (SSSR count). The Labute approximate surface area is 237 Å². The van der Waals surface area contributed by atoms with Crippen molar-refractivity contribution in [3.63, 3.8) is 0 Å². The highest BCUT2D eigenvalue weighted by Gasteiger charge is 2.31. The van der Waals surface area contributed by atoms with E-state index in [-0.39, 0.29) is 34.3 Å². The van der Waals surface area contributed by atoms with Gasteiger partial charge in [0, 0.05) is 47.5 Å². The standard InChI is InChI=1S/C28H24F3N7O4/c1-15-7-9-19(34-25(39)17-5-4-6-18(11-17)28(29,30)31)12-22(15)36-26(40)21-14-33-27(37-24(21)32-3)35-20-10-8-16(2)23(13-20)38(41)42/h4-14H,1-3H3,(H,34,39)(H,36,40)(H2,32,33,35,37). The fourth-order valence-electron chi connectivity index (χ4n) is 3.88. The zero-order valence-corrected chi connectivity index (χ0v) is 22.5. The Bertz CT molecular complexity index is 1690. The first-order valence-electron chi connectivity index (χ1n) is 12.3. The van der Waals surface area contributed by atoms with Crippen molar-refractivity contribution in [1.82, 2.24) is 9.97 Å². The number of nitro groups is 1. The molecule has 0 saturated heterocycles. The molecule has 0 unspecified atom stereocenters. The van der Waals surface area contributed by atoms with Gasteiger partial charge in [0.05, 0.1) is 10.5 Å². The molecule has 0 aliphatic carbocycles. The number of halogens is 3. The lowest BCUT2D eigenvalue weighted by Gasteiger charge is -2.14. The number of carbonyl (C=O) groups is 2. The second-order valence-corrected chi connectivity index (χ2v) is 9.11. The monoisotopic (exact) mass is 579 g/mol. The molecule has 4 N–H and O–H groups in total. The van der Waals surface area contributed by atoms with Crippen molar-refractivity contribution in [2.24, 2.45) is 0 Å². The maximum absolute atomic E-state index is 13.1. The van der Waals surface area contributed by atoms with E-state index in [9.17, 15) is 32.9 Å². The number of amides is 2. The third kappa shape index (κ3) is 6.78. The zero-order chi connectivity index (χ0) is 30.6. The van der Waals surface area contributed by atoms with Gasteiger partial charge in [0.15, 0.2) is 0 Å². The molecule has 4 aromatic rings. The summed E-state index contributed by atoms with van der Waals surface area (Å²) in [6.07, 6.45) is -3.32. The van der Waals surface area contributed by atoms with E-state index >= 15 is 0 Å². The van der Waals surface area contributed by atoms with Crippen LogP contribution in [0.2, 0.25) is 0 Å². The Balaban J connectivity index is 1.51. The molecule has 1 aromatic heterocycles. The number of carbonyl (C=O) groups excluding carboxylic acids is 2. The van der Waals surface area contributed by atoms with Crippen LogP contribution in [0.4, 0.5) is 47.7 Å². The number of benzene rings is 3. The average molecular weight is 580 g/mol. The first kappa shape index (κ1) is 29.5. The quantitative estimate of drug-likeness (QED) is 0.140. The number of nitro benzene ring substituents is 1. The Hall–Kier alpha value is -5.53. The van der Waals surface area contributed by atoms with E-state index < -0.39 is 28.5 Å². The molecule has 0 atom stereocenters. The van der Waals surface area contributed by atoms with Crippen LogP contribution >= 0.6 is 0 Å². The molecule has 0 bridgehead atoms. The second-order valence-electron chi connectivity index (χ2n) is 9.11. The molecule has 3 aromatic carbocycles. The van der Waals surface area contributed by atoms with Crippen LogP contribution in [0.1, 0.15) is 37.4 Å². The molecule has 1 heterocycles. The van der Waals surface area contributed by atoms with E-state index in [1.165, 1.54) is 24.4 Å². The van der Waals surface area contributed by atoms with Gasteiger partial charge in [-0.2, -0.15) is 18.2 Å². The number of hydrogen-bond acceptors (Lipinski definition) is 8. The maximum Gasteiger partial charge on any atom is 0.416 e. The average Bonchev–Trinajstić information content (AvgIpc) is 2.95. The topological polar surface area (TPSA) is 151 Å². The third-order valence-corrected chi connectivity index (χ3v) is 6.13. The summed E-state index contributed by atoms with van der Waals surface area (Å²) in [5, 5.41) is 22.2. The number of anilines is 5. The highest BCUT2D eigenvalue weighted by Crippen LogP contribution is 2.30. The summed E-state index contributed by atoms with van der Waals surface area (Å²) in [4.78, 5) is 44.9. The Kier molecular flexibility index (Phi) is 8.36. The number of hydrogen-bond donors (Lipinski definition) is 4. The fourth-order valence-corrected chi connectivity index (χ4v) is 3.88. The molecule has 0 radical (unpaired) electrons. The number of aromatic nitrogens is 2. The molecule has 0 spiro atoms. The van der Waals surface area contributed by atoms with Gasteiger partial charge in [0.25, 0.3) is 17.5 Å². The smallest absolute Gasteiger partial charge is 0.372 e. The minimum absolute atomic E-state index is 0.0755. The lowest BCUT2D eigenvalue weighted by molar-refractivity contribution is -0.385. The Morgan fingerprint density at radius 3 is 2.31 bits per heavy atom. The van der Waals surface area contributed by atoms with Crippen molar-refractivity contribution < 1.29 is 27.7 Å². The maximum atomic E-state index is 13.1. The summed E-state index contributed by atoms with van der Waals surface area (Å²) in [5.41, 5.74) is 0.968. The van der Waals surface area contributed by atoms with E-state index in [1.54, 1.807) is 45.2 Å². The van der Waals surface area contributed by atoms with Gasteiger partial charge in [-0.1, -0.05) is 18.2 Å². The van der Waals surface area contributed by atoms with Gasteiger partial charge in [-0.25, -0.2) is 4.98 Å². The van der Waals surface area contributed by atoms with E-state index in [2.05, 4.69) is 31.2 Å². The Morgan fingerprint density at radius 1 is 0.905 bits per heavy atom. The van der Waals surface area contributed by atoms with Crippen LogP contribution in [0.5, 0.6) is 0 Å². The Morgan fingerprint density at radius 2 is 1.62 bits per heavy atom. The molecule has 0 saturated carbocycles. The third-order valence-electron chi connectivity index (χ3n) is 6.13. The minimum atomic E-state index is -4.59. The summed E-state index contributed by atoms with van der Waals surface area (Å²) in [7, 11) is 1.55. The zero-order valence-electron chi connectivity index (χ0n) is 22.5. The van der Waals surface area contributed by atoms with Crippen LogP contribution in [0.15, 0.2) is 66.9 Å². The first-order chi connectivity index (χ1) is 19.8. The minimum Gasteiger partial charge on any atom is -0.372 e. The van der Waals surface area contributed by atoms with Gasteiger partial charge in [0.2, 0.25) is 5.95 Å². The van der Waals surface area contributed by atoms with Crippen molar-refractivity contribution >= 4 is 46.3 Å². The van der Waals surface area contributed by atoms with Crippen LogP contribution in [-0.4, -0.2) is 33.8 Å². The van der Waals surface area contributed by atoms with Crippen LogP contribution < -0.4 is 21.3 Å². The van der Waals surface area contributed by atoms with Crippen LogP contribution in [0, 0.1) is 24.0 Å². The lowest BCUT2D eigenvalue weighted by Crippen LogP contribution is -2.17. The normalized spacial score (nSPS) is 11.0. The van der Waals surface area contributed by atoms with E-state index in [0.29, 0.717) is 22.5 Å². The summed E-state index contributed by atoms with van der Waals surface area (Å²) in [6.45, 7) is 3.34. The van der Waals surface area contributed by atoms with Gasteiger partial charge < -0.3 is 21.3 Å². The van der Waals surface area contributed by atoms with Crippen molar-refractivity contribution in [3.8, 4) is 0 Å². The summed E-state index contributed by atoms with van der Waals surface area (Å²) >= 11 is 0. The first-order valence-corrected chi connectivity index (χ1v) is 12.3. The molecule has 0 aliphatic heterocycles. The molecule has 0 fully saturated rings. The van der Waals surface area contributed by atoms with Gasteiger partial charge >= 0.3 is 6.18 Å². The highest BCUT2D eigenvalue weighted by atomic mass is 19.4. The summed E-state index contributed by atoms with van der Waals surface area (Å²) in [6, 6.07) is 13.2. The van der Waals surface area contributed by atoms with Gasteiger partial charge in [-0.15, -0.1) is 0 Å². The molecule has 14 heteroatoms. The number of nitrogens with one attached hydrogen (secondary N) is 4. The highest BCUT2D eigenvalue weighted by molar-refractivity contribution is 6.08. The van der Waals surface area contributed by atoms with Gasteiger partial charge in [-0.3, -0.25) is 19.7 Å². The predicted octanol–water partition coefficient (Wildman–Crippen LogP) is 6.31. The lowest BCUT2D eigenvalue weighted by atomic mass is 10.1. The van der Waals surface area contributed by atoms with E-state index in [1.807, 2.05) is 0 Å². The van der Waals surface area contributed by atoms with Crippen LogP contribution in [-0.2, 0) is 6.18 Å². The van der Waals surface area contributed by atoms with Crippen molar-refractivity contribution in [1.29, 1.82) is 0 Å². The molecule has 11 nitrogen and oxygen atoms in total. The predicted molar refractivity (Wildman–Crippen MR) is 151 cm³/mol. The summed E-state index contributed by atoms with van der Waals surface area (Å²) < 4.78 is 39.1. The molecular weight excluding hydrogens is 555 g/mol. The largest absolute Gasteiger partial charge is 0.416 e. The SMILES string of the molecule is CNc1nc(Nc2ccc(C)c([N+](=O)[O-])c2)ncc1C(=O)Nc1cc(NC(=O)c2cccc(C(F)(F)F)c2)ccc1C. The van der Waals surface area contributed by atoms with Crippen molar-refractivity contribution in [2.45, 2.75) is 20.0 Å². The number of alkyl halides is 3. The van der Waals surface area contributed by atoms with Gasteiger partial charge in [-0.05, 0) is 55.8 Å². The molecule has 216 valence electrons. The fraction of sp³-hybridized carbons (Fsp3) is 0.143. The van der Waals surface area contributed by atoms with Crippen molar-refractivity contribution in [3.05, 3.63) is 105 Å². The number of rotatable bonds is 8. The molecule has 42 heavy (non-hydrogen) atoms. The number of aryl methyl sites for hydroxylation is 2. The summed E-state index contributed by atoms with van der Waals surface area (Å²) in [5.74, 6) is -1.08. The molecule has 0 aliphatic rings. The van der Waals surface area contributed by atoms with Crippen LogP contribution in [0.25, 0.3) is 0 Å². The van der Waals surface area contributed by atoms with E-state index in [0.717, 1.165) is 18.2 Å². The van der Waals surface area contributed by atoms with Crippen molar-refractivity contribution in [2.75, 3.05) is 28.3 Å². The second kappa shape index (κ2) is 11.9. The molecular formula is C28H24F3N7O4.